The summed E-state index contributed by atoms with van der Waals surface area (Å²) in [6.07, 6.45) is 4.68. The molecule has 3 aliphatic rings. The van der Waals surface area contributed by atoms with Crippen molar-refractivity contribution in [3.05, 3.63) is 36.0 Å². The number of ether oxygens (including phenoxy) is 1. The first-order chi connectivity index (χ1) is 13.1. The maximum absolute atomic E-state index is 12.7. The molecule has 2 bridgehead atoms. The van der Waals surface area contributed by atoms with Crippen LogP contribution in [0.3, 0.4) is 0 Å². The van der Waals surface area contributed by atoms with Crippen LogP contribution in [0, 0.1) is 11.8 Å². The number of nitrogens with zero attached hydrogens (tertiary/aromatic N) is 1. The van der Waals surface area contributed by atoms with Crippen molar-refractivity contribution < 1.29 is 14.3 Å². The quantitative estimate of drug-likeness (QED) is 0.871. The summed E-state index contributed by atoms with van der Waals surface area (Å²) in [4.78, 5) is 29.9. The molecule has 3 aliphatic heterocycles. The van der Waals surface area contributed by atoms with Crippen LogP contribution in [0.5, 0.6) is 0 Å². The molecule has 1 aromatic heterocycles. The van der Waals surface area contributed by atoms with Crippen LogP contribution in [0.2, 0.25) is 0 Å². The van der Waals surface area contributed by atoms with Crippen LogP contribution in [0.4, 0.5) is 0 Å². The predicted molar refractivity (Wildman–Crippen MR) is 101 cm³/mol. The third-order valence-electron chi connectivity index (χ3n) is 6.75. The zero-order chi connectivity index (χ0) is 18.6. The molecule has 0 radical (unpaired) electrons. The molecular weight excluding hydrogens is 342 g/mol. The highest BCUT2D eigenvalue weighted by Gasteiger charge is 2.63. The Balaban J connectivity index is 1.28. The van der Waals surface area contributed by atoms with E-state index in [1.807, 2.05) is 42.3 Å². The number of rotatable bonds is 4. The molecule has 0 saturated carbocycles. The fourth-order valence-corrected chi connectivity index (χ4v) is 5.38. The maximum atomic E-state index is 12.7. The van der Waals surface area contributed by atoms with Crippen LogP contribution in [-0.2, 0) is 9.53 Å². The molecule has 2 aromatic rings. The molecule has 4 atom stereocenters. The zero-order valence-electron chi connectivity index (χ0n) is 15.5. The van der Waals surface area contributed by atoms with Gasteiger partial charge in [0.05, 0.1) is 18.2 Å². The molecule has 0 unspecified atom stereocenters. The molecule has 6 nitrogen and oxygen atoms in total. The van der Waals surface area contributed by atoms with Gasteiger partial charge in [-0.05, 0) is 37.1 Å². The summed E-state index contributed by atoms with van der Waals surface area (Å²) in [6.45, 7) is 4.00. The van der Waals surface area contributed by atoms with Crippen molar-refractivity contribution in [1.82, 2.24) is 15.2 Å². The van der Waals surface area contributed by atoms with Gasteiger partial charge in [-0.1, -0.05) is 6.92 Å². The van der Waals surface area contributed by atoms with Gasteiger partial charge in [0.1, 0.15) is 0 Å². The van der Waals surface area contributed by atoms with Crippen LogP contribution in [0.25, 0.3) is 10.9 Å². The van der Waals surface area contributed by atoms with Gasteiger partial charge in [0.15, 0.2) is 0 Å². The number of hydrogen-bond acceptors (Lipinski definition) is 3. The third-order valence-corrected chi connectivity index (χ3v) is 6.75. The van der Waals surface area contributed by atoms with Crippen LogP contribution in [-0.4, -0.2) is 53.0 Å². The van der Waals surface area contributed by atoms with Crippen molar-refractivity contribution in [2.24, 2.45) is 11.8 Å². The van der Waals surface area contributed by atoms with Crippen molar-refractivity contribution in [2.75, 3.05) is 19.6 Å². The van der Waals surface area contributed by atoms with Gasteiger partial charge in [0.2, 0.25) is 5.91 Å². The number of hydrogen-bond donors (Lipinski definition) is 2. The van der Waals surface area contributed by atoms with Crippen LogP contribution < -0.4 is 5.32 Å². The van der Waals surface area contributed by atoms with Crippen molar-refractivity contribution in [3.8, 4) is 0 Å². The van der Waals surface area contributed by atoms with Gasteiger partial charge in [-0.25, -0.2) is 0 Å². The fourth-order valence-electron chi connectivity index (χ4n) is 5.38. The maximum Gasteiger partial charge on any atom is 0.251 e. The van der Waals surface area contributed by atoms with E-state index in [4.69, 9.17) is 4.74 Å². The van der Waals surface area contributed by atoms with Crippen LogP contribution >= 0.6 is 0 Å². The summed E-state index contributed by atoms with van der Waals surface area (Å²) in [5.74, 6) is 0.773. The number of carbonyl (C=O) groups is 2. The van der Waals surface area contributed by atoms with E-state index in [1.54, 1.807) is 0 Å². The number of benzene rings is 1. The van der Waals surface area contributed by atoms with Crippen molar-refractivity contribution >= 4 is 22.7 Å². The van der Waals surface area contributed by atoms with Crippen LogP contribution in [0.15, 0.2) is 30.5 Å². The number of likely N-dealkylation sites (tertiary alicyclic amines) is 1. The van der Waals surface area contributed by atoms with Gasteiger partial charge in [0.25, 0.3) is 5.91 Å². The molecule has 2 amide bonds. The first kappa shape index (κ1) is 16.8. The number of aromatic nitrogens is 1. The Morgan fingerprint density at radius 2 is 2.26 bits per heavy atom. The average molecular weight is 367 g/mol. The van der Waals surface area contributed by atoms with Gasteiger partial charge in [-0.2, -0.15) is 0 Å². The van der Waals surface area contributed by atoms with Gasteiger partial charge in [-0.15, -0.1) is 0 Å². The number of aromatic amines is 1. The van der Waals surface area contributed by atoms with E-state index < -0.39 is 0 Å². The van der Waals surface area contributed by atoms with Crippen LogP contribution in [0.1, 0.15) is 36.5 Å². The Kier molecular flexibility index (Phi) is 3.79. The molecule has 27 heavy (non-hydrogen) atoms. The molecule has 4 heterocycles. The summed E-state index contributed by atoms with van der Waals surface area (Å²) < 4.78 is 6.36. The second kappa shape index (κ2) is 6.09. The molecule has 5 rings (SSSR count). The monoisotopic (exact) mass is 367 g/mol. The van der Waals surface area contributed by atoms with E-state index in [0.29, 0.717) is 24.4 Å². The molecule has 2 N–H and O–H groups in total. The lowest BCUT2D eigenvalue weighted by Gasteiger charge is -2.29. The first-order valence-corrected chi connectivity index (χ1v) is 9.90. The minimum absolute atomic E-state index is 0.0468. The molecular formula is C21H25N3O3. The van der Waals surface area contributed by atoms with Gasteiger partial charge >= 0.3 is 0 Å². The molecule has 6 heteroatoms. The molecule has 1 aromatic carbocycles. The molecule has 0 aliphatic carbocycles. The second-order valence-electron chi connectivity index (χ2n) is 8.15. The normalized spacial score (nSPS) is 31.4. The third kappa shape index (κ3) is 2.57. The smallest absolute Gasteiger partial charge is 0.251 e. The average Bonchev–Trinajstić information content (AvgIpc) is 3.43. The van der Waals surface area contributed by atoms with Crippen molar-refractivity contribution in [3.63, 3.8) is 0 Å². The predicted octanol–water partition coefficient (Wildman–Crippen LogP) is 2.31. The molecule has 142 valence electrons. The lowest BCUT2D eigenvalue weighted by atomic mass is 9.73. The highest BCUT2D eigenvalue weighted by atomic mass is 16.5. The first-order valence-electron chi connectivity index (χ1n) is 9.90. The number of carbonyl (C=O) groups excluding carboxylic acids is 2. The Bertz CT molecular complexity index is 907. The number of H-pyrrole nitrogens is 1. The largest absolute Gasteiger partial charge is 0.369 e. The molecule has 3 saturated heterocycles. The summed E-state index contributed by atoms with van der Waals surface area (Å²) in [6, 6.07) is 7.67. The second-order valence-corrected chi connectivity index (χ2v) is 8.15. The summed E-state index contributed by atoms with van der Waals surface area (Å²) >= 11 is 0. The van der Waals surface area contributed by atoms with E-state index in [9.17, 15) is 9.59 Å². The fraction of sp³-hybridized carbons (Fsp3) is 0.524. The summed E-state index contributed by atoms with van der Waals surface area (Å²) in [5, 5.41) is 4.15. The van der Waals surface area contributed by atoms with Gasteiger partial charge < -0.3 is 19.9 Å². The highest BCUT2D eigenvalue weighted by molar-refractivity contribution is 5.98. The number of amides is 2. The SMILES string of the molecule is CCC(=O)N1C[C@@H]2[C@H](CNC(=O)c3ccc4[nH]ccc4c3)[C@H]3CC[C@]2(C1)O3. The summed E-state index contributed by atoms with van der Waals surface area (Å²) in [7, 11) is 0. The highest BCUT2D eigenvalue weighted by Crippen LogP contribution is 2.54. The Hall–Kier alpha value is -2.34. The minimum Gasteiger partial charge on any atom is -0.369 e. The lowest BCUT2D eigenvalue weighted by molar-refractivity contribution is -0.131. The van der Waals surface area contributed by atoms with E-state index in [1.165, 1.54) is 0 Å². The standard InChI is InChI=1S/C21H25N3O3/c1-2-19(25)24-11-16-15(18-5-7-21(16,12-24)27-18)10-23-20(26)14-3-4-17-13(9-14)6-8-22-17/h3-4,6,8-9,15-16,18,22H,2,5,7,10-12H2,1H3,(H,23,26)/t15-,16+,18+,21+/m0/s1. The lowest BCUT2D eigenvalue weighted by Crippen LogP contribution is -2.41. The van der Waals surface area contributed by atoms with Crippen molar-refractivity contribution in [2.45, 2.75) is 37.9 Å². The Morgan fingerprint density at radius 3 is 3.11 bits per heavy atom. The van der Waals surface area contributed by atoms with E-state index >= 15 is 0 Å². The Labute approximate surface area is 158 Å². The van der Waals surface area contributed by atoms with E-state index in [2.05, 4.69) is 10.3 Å². The minimum atomic E-state index is -0.172. The number of fused-ring (bicyclic) bond motifs is 2. The molecule has 1 spiro atoms. The topological polar surface area (TPSA) is 74.4 Å². The van der Waals surface area contributed by atoms with E-state index in [0.717, 1.165) is 36.8 Å². The number of nitrogens with one attached hydrogen (secondary N) is 2. The molecule has 3 fully saturated rings. The van der Waals surface area contributed by atoms with E-state index in [-0.39, 0.29) is 29.4 Å². The van der Waals surface area contributed by atoms with Crippen molar-refractivity contribution in [1.29, 1.82) is 0 Å². The zero-order valence-corrected chi connectivity index (χ0v) is 15.5. The summed E-state index contributed by atoms with van der Waals surface area (Å²) in [5.41, 5.74) is 1.53. The van der Waals surface area contributed by atoms with Gasteiger partial charge in [0, 0.05) is 54.0 Å². The Morgan fingerprint density at radius 1 is 1.37 bits per heavy atom. The van der Waals surface area contributed by atoms with Gasteiger partial charge in [-0.3, -0.25) is 9.59 Å².